The Morgan fingerprint density at radius 2 is 1.41 bits per heavy atom. The molecule has 2 saturated heterocycles. The maximum atomic E-state index is 12.6. The lowest BCUT2D eigenvalue weighted by Gasteiger charge is -2.64. The van der Waals surface area contributed by atoms with Gasteiger partial charge >= 0.3 is 5.97 Å². The quantitative estimate of drug-likeness (QED) is 0.237. The normalized spacial score (nSPS) is 55.0. The highest BCUT2D eigenvalue weighted by Crippen LogP contribution is 2.70. The van der Waals surface area contributed by atoms with E-state index in [0.29, 0.717) is 24.9 Å². The third-order valence-corrected chi connectivity index (χ3v) is 16.3. The molecule has 12 nitrogen and oxygen atoms in total. The van der Waals surface area contributed by atoms with Crippen LogP contribution in [0.5, 0.6) is 0 Å². The van der Waals surface area contributed by atoms with Crippen molar-refractivity contribution in [2.75, 3.05) is 6.61 Å². The molecule has 0 aromatic carbocycles. The molecule has 0 spiro atoms. The summed E-state index contributed by atoms with van der Waals surface area (Å²) < 4.78 is 36.3. The average Bonchev–Trinajstić information content (AvgIpc) is 3.66. The van der Waals surface area contributed by atoms with Crippen molar-refractivity contribution in [1.82, 2.24) is 0 Å². The number of hydrogen-bond acceptors (Lipinski definition) is 12. The molecule has 5 N–H and O–H groups in total. The molecule has 12 heteroatoms. The molecule has 3 aliphatic heterocycles. The number of carbonyl (C=O) groups excluding carboxylic acids is 1. The Balaban J connectivity index is 0.826. The van der Waals surface area contributed by atoms with Crippen LogP contribution in [0.4, 0.5) is 0 Å². The molecule has 0 radical (unpaired) electrons. The van der Waals surface area contributed by atoms with Crippen LogP contribution in [0, 0.1) is 40.4 Å². The Hall–Kier alpha value is -1.19. The Kier molecular flexibility index (Phi) is 10.9. The molecule has 5 saturated carbocycles. The van der Waals surface area contributed by atoms with Crippen LogP contribution in [0.25, 0.3) is 0 Å². The van der Waals surface area contributed by atoms with Crippen molar-refractivity contribution < 1.29 is 58.7 Å². The molecule has 7 fully saturated rings. The summed E-state index contributed by atoms with van der Waals surface area (Å²) in [4.78, 5) is 11.9. The van der Waals surface area contributed by atoms with E-state index in [0.717, 1.165) is 69.8 Å². The smallest absolute Gasteiger partial charge is 0.331 e. The van der Waals surface area contributed by atoms with Crippen molar-refractivity contribution in [2.24, 2.45) is 40.4 Å². The molecular formula is C42H66O12. The van der Waals surface area contributed by atoms with Gasteiger partial charge in [0.15, 0.2) is 12.6 Å². The van der Waals surface area contributed by atoms with E-state index < -0.39 is 67.0 Å². The van der Waals surface area contributed by atoms with Gasteiger partial charge in [0.25, 0.3) is 0 Å². The fourth-order valence-electron chi connectivity index (χ4n) is 13.3. The third-order valence-electron chi connectivity index (χ3n) is 16.3. The van der Waals surface area contributed by atoms with E-state index >= 15 is 0 Å². The molecular weight excluding hydrogens is 696 g/mol. The molecule has 0 aromatic heterocycles. The molecule has 0 unspecified atom stereocenters. The number of fused-ring (bicyclic) bond motifs is 5. The number of rotatable bonds is 7. The van der Waals surface area contributed by atoms with Gasteiger partial charge in [-0.05, 0) is 119 Å². The van der Waals surface area contributed by atoms with Crippen LogP contribution < -0.4 is 0 Å². The van der Waals surface area contributed by atoms with Gasteiger partial charge in [0.1, 0.15) is 18.8 Å². The second-order valence-electron chi connectivity index (χ2n) is 19.3. The molecule has 3 heterocycles. The zero-order valence-corrected chi connectivity index (χ0v) is 32.9. The summed E-state index contributed by atoms with van der Waals surface area (Å²) in [5.74, 6) is 1.29. The van der Waals surface area contributed by atoms with Gasteiger partial charge in [-0.3, -0.25) is 0 Å². The topological polar surface area (TPSA) is 174 Å². The second kappa shape index (κ2) is 14.9. The molecule has 8 rings (SSSR count). The largest absolute Gasteiger partial charge is 0.458 e. The summed E-state index contributed by atoms with van der Waals surface area (Å²) in [6.07, 6.45) is 5.04. The van der Waals surface area contributed by atoms with E-state index in [9.17, 15) is 30.3 Å². The van der Waals surface area contributed by atoms with Crippen LogP contribution in [0.3, 0.4) is 0 Å². The van der Waals surface area contributed by atoms with Crippen molar-refractivity contribution in [3.8, 4) is 0 Å². The molecule has 54 heavy (non-hydrogen) atoms. The highest BCUT2D eigenvalue weighted by molar-refractivity contribution is 5.85. The van der Waals surface area contributed by atoms with E-state index in [1.54, 1.807) is 19.9 Å². The molecule has 5 aliphatic carbocycles. The Morgan fingerprint density at radius 3 is 2.09 bits per heavy atom. The number of ether oxygens (including phenoxy) is 6. The number of aliphatic hydroxyl groups excluding tert-OH is 4. The van der Waals surface area contributed by atoms with E-state index in [1.807, 2.05) is 0 Å². The van der Waals surface area contributed by atoms with Gasteiger partial charge in [-0.25, -0.2) is 4.79 Å². The van der Waals surface area contributed by atoms with Crippen molar-refractivity contribution in [1.29, 1.82) is 0 Å². The maximum Gasteiger partial charge on any atom is 0.331 e. The first-order valence-corrected chi connectivity index (χ1v) is 21.2. The summed E-state index contributed by atoms with van der Waals surface area (Å²) in [5.41, 5.74) is 0.304. The lowest BCUT2D eigenvalue weighted by Crippen LogP contribution is -2.62. The zero-order chi connectivity index (χ0) is 38.3. The third kappa shape index (κ3) is 6.83. The lowest BCUT2D eigenvalue weighted by molar-refractivity contribution is -0.322. The van der Waals surface area contributed by atoms with Gasteiger partial charge in [0, 0.05) is 30.8 Å². The van der Waals surface area contributed by atoms with Crippen LogP contribution in [0.1, 0.15) is 118 Å². The van der Waals surface area contributed by atoms with Crippen LogP contribution in [0.15, 0.2) is 11.6 Å². The monoisotopic (exact) mass is 762 g/mol. The summed E-state index contributed by atoms with van der Waals surface area (Å²) >= 11 is 0. The highest BCUT2D eigenvalue weighted by atomic mass is 16.7. The summed E-state index contributed by atoms with van der Waals surface area (Å²) in [5, 5.41) is 55.1. The molecule has 306 valence electrons. The van der Waals surface area contributed by atoms with Crippen LogP contribution >= 0.6 is 0 Å². The summed E-state index contributed by atoms with van der Waals surface area (Å²) in [6.45, 7) is 10.7. The lowest BCUT2D eigenvalue weighted by atomic mass is 9.43. The van der Waals surface area contributed by atoms with Gasteiger partial charge in [0.05, 0.1) is 54.4 Å². The standard InChI is InChI=1S/C42H66O12/c1-21-14-27(17-32(44)38(21)53-36-19-33(45)39(23(3)51-36)54-35-18-31(43)37(47)22(2)50-35)52-26-8-11-40(4)25(16-26)6-7-30-29(40)9-12-41(5)28(10-13-42(30,41)48)24-15-34(46)49-20-24/h15,21-23,25-33,35-39,43-45,47-48H,6-14,16-20H2,1-5H3/t21-,22+,23+,25+,26-,27+,28+,29-,30+,31-,32-,33-,35-,36-,37+,38+,39+,40-,41+,42-/m0/s1. The minimum atomic E-state index is -0.984. The highest BCUT2D eigenvalue weighted by Gasteiger charge is 2.67. The van der Waals surface area contributed by atoms with E-state index in [-0.39, 0.29) is 59.6 Å². The molecule has 0 aromatic rings. The first-order chi connectivity index (χ1) is 25.6. The van der Waals surface area contributed by atoms with Crippen LogP contribution in [-0.2, 0) is 33.2 Å². The van der Waals surface area contributed by atoms with Crippen molar-refractivity contribution in [2.45, 2.75) is 197 Å². The van der Waals surface area contributed by atoms with Gasteiger partial charge in [-0.2, -0.15) is 0 Å². The SMILES string of the molecule is C[C@H]1C[C@@H](O[C@H]2CC[C@@]3(C)[C@H](CC[C@@H]4[C@@H]3CC[C@]3(C)[C@@H](C5=CC(=O)OC5)CC[C@]43O)C2)C[C@H](O)[C@@H]1O[C@H]1C[C@H](O)[C@H](O[C@H]2C[C@H](O)[C@H](O)[C@@H](C)O2)[C@@H](C)O1. The van der Waals surface area contributed by atoms with Gasteiger partial charge < -0.3 is 54.0 Å². The van der Waals surface area contributed by atoms with Gasteiger partial charge in [-0.15, -0.1) is 0 Å². The summed E-state index contributed by atoms with van der Waals surface area (Å²) in [6, 6.07) is 0. The van der Waals surface area contributed by atoms with Crippen molar-refractivity contribution in [3.05, 3.63) is 11.6 Å². The van der Waals surface area contributed by atoms with Crippen LogP contribution in [0.2, 0.25) is 0 Å². The molecule has 8 aliphatic rings. The number of hydrogen-bond donors (Lipinski definition) is 5. The van der Waals surface area contributed by atoms with Crippen LogP contribution in [-0.4, -0.2) is 117 Å². The predicted molar refractivity (Wildman–Crippen MR) is 194 cm³/mol. The van der Waals surface area contributed by atoms with Crippen molar-refractivity contribution in [3.63, 3.8) is 0 Å². The van der Waals surface area contributed by atoms with Gasteiger partial charge in [0.2, 0.25) is 0 Å². The number of carbonyl (C=O) groups is 1. The fourth-order valence-corrected chi connectivity index (χ4v) is 13.3. The fraction of sp³-hybridized carbons (Fsp3) is 0.929. The Morgan fingerprint density at radius 1 is 0.704 bits per heavy atom. The average molecular weight is 763 g/mol. The first kappa shape index (κ1) is 39.6. The Bertz CT molecular complexity index is 1370. The number of aliphatic hydroxyl groups is 5. The van der Waals surface area contributed by atoms with E-state index in [4.69, 9.17) is 28.4 Å². The van der Waals surface area contributed by atoms with E-state index in [2.05, 4.69) is 20.8 Å². The molecule has 0 amide bonds. The zero-order valence-electron chi connectivity index (χ0n) is 32.9. The molecule has 20 atom stereocenters. The second-order valence-corrected chi connectivity index (χ2v) is 19.3. The van der Waals surface area contributed by atoms with E-state index in [1.165, 1.54) is 0 Å². The maximum absolute atomic E-state index is 12.6. The number of esters is 1. The minimum absolute atomic E-state index is 0.0234. The summed E-state index contributed by atoms with van der Waals surface area (Å²) in [7, 11) is 0. The minimum Gasteiger partial charge on any atom is -0.458 e. The Labute approximate surface area is 320 Å². The van der Waals surface area contributed by atoms with Gasteiger partial charge in [-0.1, -0.05) is 20.8 Å². The predicted octanol–water partition coefficient (Wildman–Crippen LogP) is 3.91. The first-order valence-electron chi connectivity index (χ1n) is 21.2. The van der Waals surface area contributed by atoms with Crippen molar-refractivity contribution >= 4 is 5.97 Å². The molecule has 0 bridgehead atoms. The number of cyclic esters (lactones) is 1.